The molecule has 166 valence electrons. The Morgan fingerprint density at radius 2 is 1.21 bits per heavy atom. The van der Waals surface area contributed by atoms with Crippen molar-refractivity contribution in [1.29, 1.82) is 0 Å². The fourth-order valence-corrected chi connectivity index (χ4v) is 5.97. The SMILES string of the molecule is CCCCCCCCSc1cc2ccc3c4ccc5c(ccc6ccoc65)c4ccc3c2o1. The summed E-state index contributed by atoms with van der Waals surface area (Å²) in [7, 11) is 0. The van der Waals surface area contributed by atoms with Gasteiger partial charge in [-0.1, -0.05) is 87.2 Å². The molecule has 0 bridgehead atoms. The summed E-state index contributed by atoms with van der Waals surface area (Å²) in [5.74, 6) is 1.13. The van der Waals surface area contributed by atoms with Crippen molar-refractivity contribution in [1.82, 2.24) is 0 Å². The van der Waals surface area contributed by atoms with E-state index in [1.165, 1.54) is 70.8 Å². The van der Waals surface area contributed by atoms with Gasteiger partial charge in [-0.05, 0) is 52.2 Å². The lowest BCUT2D eigenvalue weighted by Crippen LogP contribution is -1.82. The molecule has 0 aliphatic carbocycles. The summed E-state index contributed by atoms with van der Waals surface area (Å²) in [4.78, 5) is 0. The van der Waals surface area contributed by atoms with Crippen LogP contribution in [0.2, 0.25) is 0 Å². The second-order valence-corrected chi connectivity index (χ2v) is 10.1. The number of hydrogen-bond donors (Lipinski definition) is 0. The predicted octanol–water partition coefficient (Wildman–Crippen LogP) is 10.1. The number of unbranched alkanes of at least 4 members (excludes halogenated alkanes) is 5. The molecule has 3 heteroatoms. The van der Waals surface area contributed by atoms with Gasteiger partial charge in [-0.2, -0.15) is 0 Å². The summed E-state index contributed by atoms with van der Waals surface area (Å²) in [6.45, 7) is 2.27. The largest absolute Gasteiger partial charge is 0.464 e. The van der Waals surface area contributed by atoms with Crippen molar-refractivity contribution in [2.45, 2.75) is 50.5 Å². The first-order valence-electron chi connectivity index (χ1n) is 12.1. The van der Waals surface area contributed by atoms with E-state index in [2.05, 4.69) is 61.5 Å². The van der Waals surface area contributed by atoms with Gasteiger partial charge in [0.2, 0.25) is 0 Å². The van der Waals surface area contributed by atoms with Gasteiger partial charge in [-0.25, -0.2) is 0 Å². The summed E-state index contributed by atoms with van der Waals surface area (Å²) in [5, 5.41) is 10.7. The molecule has 2 aromatic heterocycles. The van der Waals surface area contributed by atoms with Crippen LogP contribution in [0.1, 0.15) is 45.4 Å². The number of rotatable bonds is 8. The molecule has 0 saturated heterocycles. The van der Waals surface area contributed by atoms with Crippen molar-refractivity contribution < 1.29 is 8.83 Å². The van der Waals surface area contributed by atoms with Gasteiger partial charge in [0.05, 0.1) is 6.26 Å². The normalized spacial score (nSPS) is 12.2. The van der Waals surface area contributed by atoms with Crippen molar-refractivity contribution in [3.8, 4) is 0 Å². The first kappa shape index (κ1) is 20.7. The maximum absolute atomic E-state index is 6.36. The average molecular weight is 453 g/mol. The van der Waals surface area contributed by atoms with Crippen molar-refractivity contribution in [3.05, 3.63) is 66.9 Å². The van der Waals surface area contributed by atoms with Gasteiger partial charge < -0.3 is 8.83 Å². The third kappa shape index (κ3) is 3.69. The summed E-state index contributed by atoms with van der Waals surface area (Å²) in [6, 6.07) is 21.9. The molecular formula is C30H28O2S. The van der Waals surface area contributed by atoms with Gasteiger partial charge in [0.25, 0.3) is 0 Å². The molecule has 0 N–H and O–H groups in total. The smallest absolute Gasteiger partial charge is 0.161 e. The molecule has 6 rings (SSSR count). The minimum absolute atomic E-state index is 0.961. The summed E-state index contributed by atoms with van der Waals surface area (Å²) >= 11 is 1.85. The minimum atomic E-state index is 0.961. The van der Waals surface area contributed by atoms with Crippen LogP contribution in [0, 0.1) is 0 Å². The first-order valence-corrected chi connectivity index (χ1v) is 13.1. The molecule has 33 heavy (non-hydrogen) atoms. The molecule has 0 spiro atoms. The fraction of sp³-hybridized carbons (Fsp3) is 0.267. The summed E-state index contributed by atoms with van der Waals surface area (Å²) < 4.78 is 12.1. The van der Waals surface area contributed by atoms with E-state index in [1.54, 1.807) is 6.26 Å². The Balaban J connectivity index is 1.34. The van der Waals surface area contributed by atoms with Crippen molar-refractivity contribution >= 4 is 66.0 Å². The summed E-state index contributed by atoms with van der Waals surface area (Å²) in [5.41, 5.74) is 1.96. The zero-order valence-electron chi connectivity index (χ0n) is 19.0. The second-order valence-electron chi connectivity index (χ2n) is 8.99. The van der Waals surface area contributed by atoms with Crippen LogP contribution in [0.4, 0.5) is 0 Å². The van der Waals surface area contributed by atoms with Crippen LogP contribution in [0.3, 0.4) is 0 Å². The zero-order chi connectivity index (χ0) is 22.2. The molecule has 4 aromatic carbocycles. The Morgan fingerprint density at radius 3 is 2.00 bits per heavy atom. The molecule has 6 aromatic rings. The van der Waals surface area contributed by atoms with Gasteiger partial charge in [0.15, 0.2) is 5.09 Å². The Morgan fingerprint density at radius 1 is 0.606 bits per heavy atom. The quantitative estimate of drug-likeness (QED) is 0.130. The number of benzene rings is 4. The topological polar surface area (TPSA) is 26.3 Å². The molecule has 0 fully saturated rings. The maximum atomic E-state index is 6.36. The lowest BCUT2D eigenvalue weighted by atomic mass is 9.96. The molecule has 0 saturated carbocycles. The van der Waals surface area contributed by atoms with E-state index in [4.69, 9.17) is 8.83 Å². The highest BCUT2D eigenvalue weighted by atomic mass is 32.2. The van der Waals surface area contributed by atoms with Gasteiger partial charge in [-0.15, -0.1) is 0 Å². The monoisotopic (exact) mass is 452 g/mol. The number of thioether (sulfide) groups is 1. The van der Waals surface area contributed by atoms with Crippen molar-refractivity contribution in [2.24, 2.45) is 0 Å². The molecule has 0 amide bonds. The fourth-order valence-electron chi connectivity index (χ4n) is 5.07. The molecule has 0 aliphatic rings. The van der Waals surface area contributed by atoms with Crippen LogP contribution in [0.15, 0.2) is 80.9 Å². The Hall–Kier alpha value is -2.91. The number of furan rings is 2. The van der Waals surface area contributed by atoms with Crippen LogP contribution in [0.5, 0.6) is 0 Å². The third-order valence-corrected chi connectivity index (χ3v) is 7.79. The summed E-state index contributed by atoms with van der Waals surface area (Å²) in [6.07, 6.45) is 9.74. The van der Waals surface area contributed by atoms with Crippen molar-refractivity contribution in [3.63, 3.8) is 0 Å². The molecule has 0 radical (unpaired) electrons. The number of hydrogen-bond acceptors (Lipinski definition) is 3. The lowest BCUT2D eigenvalue weighted by Gasteiger charge is -2.08. The highest BCUT2D eigenvalue weighted by molar-refractivity contribution is 7.99. The van der Waals surface area contributed by atoms with Gasteiger partial charge >= 0.3 is 0 Å². The Bertz CT molecular complexity index is 1590. The maximum Gasteiger partial charge on any atom is 0.161 e. The molecule has 0 aliphatic heterocycles. The van der Waals surface area contributed by atoms with E-state index in [0.29, 0.717) is 0 Å². The van der Waals surface area contributed by atoms with Crippen LogP contribution < -0.4 is 0 Å². The molecule has 0 unspecified atom stereocenters. The van der Waals surface area contributed by atoms with Gasteiger partial charge in [0.1, 0.15) is 11.2 Å². The van der Waals surface area contributed by atoms with Crippen LogP contribution in [-0.2, 0) is 0 Å². The predicted molar refractivity (Wildman–Crippen MR) is 143 cm³/mol. The van der Waals surface area contributed by atoms with Crippen molar-refractivity contribution in [2.75, 3.05) is 5.75 Å². The first-order chi connectivity index (χ1) is 16.3. The van der Waals surface area contributed by atoms with Gasteiger partial charge in [0, 0.05) is 27.3 Å². The molecular weight excluding hydrogens is 424 g/mol. The van der Waals surface area contributed by atoms with E-state index >= 15 is 0 Å². The molecule has 0 atom stereocenters. The van der Waals surface area contributed by atoms with E-state index in [1.807, 2.05) is 17.8 Å². The van der Waals surface area contributed by atoms with Gasteiger partial charge in [-0.3, -0.25) is 0 Å². The third-order valence-electron chi connectivity index (χ3n) is 6.81. The van der Waals surface area contributed by atoms with E-state index in [-0.39, 0.29) is 0 Å². The Kier molecular flexibility index (Phi) is 5.51. The van der Waals surface area contributed by atoms with Crippen LogP contribution in [0.25, 0.3) is 54.3 Å². The minimum Gasteiger partial charge on any atom is -0.464 e. The highest BCUT2D eigenvalue weighted by Gasteiger charge is 2.13. The van der Waals surface area contributed by atoms with E-state index < -0.39 is 0 Å². The second kappa shape index (κ2) is 8.79. The molecule has 2 heterocycles. The van der Waals surface area contributed by atoms with E-state index in [0.717, 1.165) is 32.8 Å². The number of fused-ring (bicyclic) bond motifs is 9. The van der Waals surface area contributed by atoms with Crippen LogP contribution in [-0.4, -0.2) is 5.75 Å². The average Bonchev–Trinajstić information content (AvgIpc) is 3.49. The molecule has 2 nitrogen and oxygen atoms in total. The zero-order valence-corrected chi connectivity index (χ0v) is 19.8. The lowest BCUT2D eigenvalue weighted by molar-refractivity contribution is 0.517. The Labute approximate surface area is 197 Å². The van der Waals surface area contributed by atoms with E-state index in [9.17, 15) is 0 Å². The standard InChI is InChI=1S/C30H28O2S/c1-2-3-4-5-6-7-18-33-28-19-21-9-11-25-23-12-14-26-24(10-8-20-16-17-31-29(20)26)22(23)13-15-27(25)30(21)32-28/h8-17,19H,2-7,18H2,1H3. The highest BCUT2D eigenvalue weighted by Crippen LogP contribution is 2.38. The van der Waals surface area contributed by atoms with Crippen LogP contribution >= 0.6 is 11.8 Å².